The Morgan fingerprint density at radius 3 is 2.88 bits per heavy atom. The quantitative estimate of drug-likeness (QED) is 0.461. The molecule has 1 aromatic carbocycles. The Hall–Kier alpha value is -2.31. The lowest BCUT2D eigenvalue weighted by atomic mass is 10.2. The molecular formula is C18H15ClN2O3S. The van der Waals surface area contributed by atoms with Gasteiger partial charge in [0, 0.05) is 28.6 Å². The molecule has 0 saturated heterocycles. The first kappa shape index (κ1) is 17.5. The Kier molecular flexibility index (Phi) is 5.73. The number of thioether (sulfide) groups is 1. The molecule has 0 radical (unpaired) electrons. The minimum Gasteiger partial charge on any atom is -0.457 e. The van der Waals surface area contributed by atoms with E-state index in [0.717, 1.165) is 17.0 Å². The Bertz CT molecular complexity index is 882. The molecular weight excluding hydrogens is 360 g/mol. The summed E-state index contributed by atoms with van der Waals surface area (Å²) in [6.07, 6.45) is 1.64. The van der Waals surface area contributed by atoms with Gasteiger partial charge in [-0.05, 0) is 25.1 Å². The van der Waals surface area contributed by atoms with Gasteiger partial charge in [-0.1, -0.05) is 46.7 Å². The summed E-state index contributed by atoms with van der Waals surface area (Å²) in [6.45, 7) is 1.94. The highest BCUT2D eigenvalue weighted by atomic mass is 35.5. The van der Waals surface area contributed by atoms with Gasteiger partial charge in [-0.2, -0.15) is 0 Å². The second-order valence-corrected chi connectivity index (χ2v) is 6.61. The minimum absolute atomic E-state index is 0.111. The molecule has 2 aromatic heterocycles. The molecule has 25 heavy (non-hydrogen) atoms. The highest BCUT2D eigenvalue weighted by molar-refractivity contribution is 7.98. The van der Waals surface area contributed by atoms with Crippen LogP contribution in [-0.2, 0) is 17.1 Å². The number of esters is 1. The second kappa shape index (κ2) is 8.18. The molecule has 0 unspecified atom stereocenters. The van der Waals surface area contributed by atoms with Crippen LogP contribution in [0.1, 0.15) is 27.4 Å². The first-order valence-corrected chi connectivity index (χ1v) is 8.90. The van der Waals surface area contributed by atoms with Crippen molar-refractivity contribution in [3.05, 3.63) is 76.3 Å². The summed E-state index contributed by atoms with van der Waals surface area (Å²) in [6, 6.07) is 12.5. The van der Waals surface area contributed by atoms with E-state index in [0.29, 0.717) is 21.4 Å². The number of aryl methyl sites for hydroxylation is 1. The molecule has 0 spiro atoms. The van der Waals surface area contributed by atoms with Gasteiger partial charge in [0.2, 0.25) is 0 Å². The van der Waals surface area contributed by atoms with Crippen LogP contribution in [0, 0.1) is 6.92 Å². The number of hydrogen-bond acceptors (Lipinski definition) is 6. The van der Waals surface area contributed by atoms with Crippen molar-refractivity contribution < 1.29 is 14.1 Å². The molecule has 0 amide bonds. The van der Waals surface area contributed by atoms with E-state index in [4.69, 9.17) is 20.9 Å². The summed E-state index contributed by atoms with van der Waals surface area (Å²) in [7, 11) is 0. The second-order valence-electron chi connectivity index (χ2n) is 5.24. The van der Waals surface area contributed by atoms with Crippen LogP contribution >= 0.6 is 23.4 Å². The van der Waals surface area contributed by atoms with Crippen LogP contribution in [0.4, 0.5) is 0 Å². The summed E-state index contributed by atoms with van der Waals surface area (Å²) >= 11 is 7.49. The zero-order chi connectivity index (χ0) is 17.6. The molecule has 2 heterocycles. The normalized spacial score (nSPS) is 10.6. The third kappa shape index (κ3) is 4.61. The Morgan fingerprint density at radius 2 is 2.12 bits per heavy atom. The fraction of sp³-hybridized carbons (Fsp3) is 0.167. The number of aromatic nitrogens is 2. The standard InChI is InChI=1S/C18H15ClN2O3S/c1-12-9-14(21-24-12)11-25-17-15(6-4-8-20-17)18(22)23-10-13-5-2-3-7-16(13)19/h2-9H,10-11H2,1H3. The summed E-state index contributed by atoms with van der Waals surface area (Å²) in [5.74, 6) is 0.863. The number of rotatable bonds is 6. The van der Waals surface area contributed by atoms with Crippen molar-refractivity contribution in [3.63, 3.8) is 0 Å². The van der Waals surface area contributed by atoms with E-state index in [1.807, 2.05) is 31.2 Å². The van der Waals surface area contributed by atoms with Crippen molar-refractivity contribution in [2.24, 2.45) is 0 Å². The lowest BCUT2D eigenvalue weighted by Gasteiger charge is -2.09. The number of pyridine rings is 1. The van der Waals surface area contributed by atoms with Gasteiger partial charge in [-0.25, -0.2) is 9.78 Å². The lowest BCUT2D eigenvalue weighted by molar-refractivity contribution is 0.0468. The molecule has 0 saturated carbocycles. The first-order valence-electron chi connectivity index (χ1n) is 7.54. The molecule has 0 fully saturated rings. The summed E-state index contributed by atoms with van der Waals surface area (Å²) in [4.78, 5) is 16.7. The van der Waals surface area contributed by atoms with E-state index in [1.54, 1.807) is 24.4 Å². The minimum atomic E-state index is -0.438. The zero-order valence-corrected chi connectivity index (χ0v) is 15.0. The SMILES string of the molecule is Cc1cc(CSc2ncccc2C(=O)OCc2ccccc2Cl)no1. The van der Waals surface area contributed by atoms with Crippen LogP contribution in [0.3, 0.4) is 0 Å². The molecule has 128 valence electrons. The van der Waals surface area contributed by atoms with E-state index >= 15 is 0 Å². The van der Waals surface area contributed by atoms with Gasteiger partial charge in [0.05, 0.1) is 11.3 Å². The van der Waals surface area contributed by atoms with Crippen molar-refractivity contribution in [1.29, 1.82) is 0 Å². The smallest absolute Gasteiger partial charge is 0.341 e. The third-order valence-corrected chi connectivity index (χ3v) is 4.75. The van der Waals surface area contributed by atoms with Crippen molar-refractivity contribution in [2.75, 3.05) is 0 Å². The number of ether oxygens (including phenoxy) is 1. The fourth-order valence-electron chi connectivity index (χ4n) is 2.13. The highest BCUT2D eigenvalue weighted by Gasteiger charge is 2.15. The van der Waals surface area contributed by atoms with Gasteiger partial charge in [-0.3, -0.25) is 0 Å². The maximum absolute atomic E-state index is 12.4. The van der Waals surface area contributed by atoms with Crippen molar-refractivity contribution >= 4 is 29.3 Å². The molecule has 7 heteroatoms. The van der Waals surface area contributed by atoms with Crippen LogP contribution in [0.2, 0.25) is 5.02 Å². The molecule has 0 bridgehead atoms. The molecule has 0 atom stereocenters. The highest BCUT2D eigenvalue weighted by Crippen LogP contribution is 2.25. The number of benzene rings is 1. The summed E-state index contributed by atoms with van der Waals surface area (Å²) in [5.41, 5.74) is 1.97. The molecule has 3 rings (SSSR count). The third-order valence-electron chi connectivity index (χ3n) is 3.34. The van der Waals surface area contributed by atoms with Crippen molar-refractivity contribution in [2.45, 2.75) is 24.3 Å². The maximum atomic E-state index is 12.4. The lowest BCUT2D eigenvalue weighted by Crippen LogP contribution is -2.08. The van der Waals surface area contributed by atoms with E-state index in [2.05, 4.69) is 10.1 Å². The number of halogens is 1. The Morgan fingerprint density at radius 1 is 1.28 bits per heavy atom. The average Bonchev–Trinajstić information content (AvgIpc) is 3.04. The van der Waals surface area contributed by atoms with Crippen LogP contribution < -0.4 is 0 Å². The number of nitrogens with zero attached hydrogens (tertiary/aromatic N) is 2. The molecule has 3 aromatic rings. The van der Waals surface area contributed by atoms with Gasteiger partial charge in [0.1, 0.15) is 17.4 Å². The van der Waals surface area contributed by atoms with E-state index in [1.165, 1.54) is 11.8 Å². The van der Waals surface area contributed by atoms with Crippen molar-refractivity contribution in [3.8, 4) is 0 Å². The predicted molar refractivity (Wildman–Crippen MR) is 95.6 cm³/mol. The molecule has 0 aliphatic heterocycles. The number of carbonyl (C=O) groups is 1. The van der Waals surface area contributed by atoms with E-state index in [-0.39, 0.29) is 6.61 Å². The van der Waals surface area contributed by atoms with Gasteiger partial charge in [0.25, 0.3) is 0 Å². The average molecular weight is 375 g/mol. The summed E-state index contributed by atoms with van der Waals surface area (Å²) in [5, 5.41) is 5.09. The van der Waals surface area contributed by atoms with Gasteiger partial charge < -0.3 is 9.26 Å². The van der Waals surface area contributed by atoms with Crippen LogP contribution in [-0.4, -0.2) is 16.1 Å². The summed E-state index contributed by atoms with van der Waals surface area (Å²) < 4.78 is 10.4. The molecule has 0 N–H and O–H groups in total. The van der Waals surface area contributed by atoms with E-state index in [9.17, 15) is 4.79 Å². The number of carbonyl (C=O) groups excluding carboxylic acids is 1. The van der Waals surface area contributed by atoms with E-state index < -0.39 is 5.97 Å². The molecule has 5 nitrogen and oxygen atoms in total. The number of hydrogen-bond donors (Lipinski definition) is 0. The van der Waals surface area contributed by atoms with Crippen LogP contribution in [0.15, 0.2) is 58.2 Å². The Balaban J connectivity index is 1.67. The van der Waals surface area contributed by atoms with Gasteiger partial charge in [-0.15, -0.1) is 0 Å². The topological polar surface area (TPSA) is 65.2 Å². The first-order chi connectivity index (χ1) is 12.1. The van der Waals surface area contributed by atoms with Gasteiger partial charge >= 0.3 is 5.97 Å². The Labute approximate surface area is 154 Å². The fourth-order valence-corrected chi connectivity index (χ4v) is 3.18. The monoisotopic (exact) mass is 374 g/mol. The molecule has 0 aliphatic carbocycles. The largest absolute Gasteiger partial charge is 0.457 e. The molecule has 0 aliphatic rings. The maximum Gasteiger partial charge on any atom is 0.341 e. The van der Waals surface area contributed by atoms with Gasteiger partial charge in [0.15, 0.2) is 0 Å². The van der Waals surface area contributed by atoms with Crippen LogP contribution in [0.25, 0.3) is 0 Å². The van der Waals surface area contributed by atoms with Crippen molar-refractivity contribution in [1.82, 2.24) is 10.1 Å². The predicted octanol–water partition coefficient (Wildman–Crippen LogP) is 4.68. The van der Waals surface area contributed by atoms with Crippen LogP contribution in [0.5, 0.6) is 0 Å². The zero-order valence-electron chi connectivity index (χ0n) is 13.4.